The van der Waals surface area contributed by atoms with E-state index >= 15 is 0 Å². The Bertz CT molecular complexity index is 823. The number of benzene rings is 1. The molecule has 8 heteroatoms. The Balaban J connectivity index is 1.38. The van der Waals surface area contributed by atoms with Gasteiger partial charge in [-0.1, -0.05) is 26.7 Å². The number of hydrogen-bond donors (Lipinski definition) is 2. The lowest BCUT2D eigenvalue weighted by molar-refractivity contribution is -0.147. The van der Waals surface area contributed by atoms with Crippen molar-refractivity contribution in [3.8, 4) is 0 Å². The van der Waals surface area contributed by atoms with Crippen molar-refractivity contribution < 1.29 is 23.9 Å². The summed E-state index contributed by atoms with van der Waals surface area (Å²) in [6.45, 7) is 4.32. The van der Waals surface area contributed by atoms with E-state index in [1.807, 2.05) is 0 Å². The highest BCUT2D eigenvalue weighted by atomic mass is 16.5. The van der Waals surface area contributed by atoms with Gasteiger partial charge in [-0.05, 0) is 48.9 Å². The molecule has 1 aliphatic carbocycles. The fraction of sp³-hybridized carbons (Fsp3) is 0.565. The maximum atomic E-state index is 12.2. The summed E-state index contributed by atoms with van der Waals surface area (Å²) in [5.41, 5.74) is 1.13. The third kappa shape index (κ3) is 6.06. The highest BCUT2D eigenvalue weighted by Gasteiger charge is 2.28. The zero-order valence-corrected chi connectivity index (χ0v) is 18.2. The van der Waals surface area contributed by atoms with Crippen LogP contribution in [0.2, 0.25) is 0 Å². The molecule has 1 aromatic rings. The highest BCUT2D eigenvalue weighted by molar-refractivity contribution is 5.98. The van der Waals surface area contributed by atoms with Gasteiger partial charge in [0.05, 0.1) is 0 Å². The van der Waals surface area contributed by atoms with Crippen LogP contribution in [0.3, 0.4) is 0 Å². The number of nitrogens with one attached hydrogen (secondary N) is 2. The Hall–Kier alpha value is -2.90. The summed E-state index contributed by atoms with van der Waals surface area (Å²) < 4.78 is 4.98. The summed E-state index contributed by atoms with van der Waals surface area (Å²) in [5.74, 6) is -0.392. The minimum Gasteiger partial charge on any atom is -0.454 e. The largest absolute Gasteiger partial charge is 0.454 e. The van der Waals surface area contributed by atoms with E-state index < -0.39 is 11.9 Å². The number of hydrogen-bond acceptors (Lipinski definition) is 5. The van der Waals surface area contributed by atoms with Crippen LogP contribution in [-0.4, -0.2) is 49.4 Å². The second-order valence-corrected chi connectivity index (χ2v) is 8.48. The van der Waals surface area contributed by atoms with Crippen molar-refractivity contribution in [1.82, 2.24) is 10.6 Å². The standard InChI is InChI=1S/C23H31N3O5/c1-15-5-3-6-19(16(15)2)25-20(27)14-31-22(29)13-24-23(30)17-8-10-18(11-9-17)26-12-4-7-21(26)28/h8-11,15-16,19H,3-7,12-14H2,1-2H3,(H,24,30)(H,25,27)/t15-,16-,19-/m1/s1. The maximum Gasteiger partial charge on any atom is 0.325 e. The van der Waals surface area contributed by atoms with Crippen LogP contribution in [0.25, 0.3) is 0 Å². The Morgan fingerprint density at radius 2 is 1.84 bits per heavy atom. The molecule has 1 saturated carbocycles. The molecule has 2 aliphatic rings. The third-order valence-electron chi connectivity index (χ3n) is 6.33. The van der Waals surface area contributed by atoms with Gasteiger partial charge >= 0.3 is 5.97 Å². The summed E-state index contributed by atoms with van der Waals surface area (Å²) in [6.07, 6.45) is 4.56. The van der Waals surface area contributed by atoms with Gasteiger partial charge in [0.2, 0.25) is 5.91 Å². The van der Waals surface area contributed by atoms with E-state index in [1.165, 1.54) is 6.42 Å². The van der Waals surface area contributed by atoms with E-state index in [-0.39, 0.29) is 31.0 Å². The van der Waals surface area contributed by atoms with Gasteiger partial charge in [0.1, 0.15) is 6.54 Å². The fourth-order valence-corrected chi connectivity index (χ4v) is 4.20. The molecule has 0 bridgehead atoms. The van der Waals surface area contributed by atoms with Gasteiger partial charge < -0.3 is 20.3 Å². The molecule has 1 aromatic carbocycles. The van der Waals surface area contributed by atoms with Crippen molar-refractivity contribution in [2.45, 2.75) is 52.0 Å². The highest BCUT2D eigenvalue weighted by Crippen LogP contribution is 2.29. The minimum absolute atomic E-state index is 0.0800. The molecule has 3 rings (SSSR count). The van der Waals surface area contributed by atoms with Crippen molar-refractivity contribution in [3.63, 3.8) is 0 Å². The molecule has 168 valence electrons. The number of rotatable bonds is 7. The summed E-state index contributed by atoms with van der Waals surface area (Å²) in [4.78, 5) is 49.7. The first-order valence-electron chi connectivity index (χ1n) is 11.0. The quantitative estimate of drug-likeness (QED) is 0.646. The van der Waals surface area contributed by atoms with Crippen LogP contribution in [-0.2, 0) is 19.1 Å². The van der Waals surface area contributed by atoms with Crippen molar-refractivity contribution in [3.05, 3.63) is 29.8 Å². The summed E-state index contributed by atoms with van der Waals surface area (Å²) in [6, 6.07) is 6.76. The van der Waals surface area contributed by atoms with Gasteiger partial charge in [0.15, 0.2) is 6.61 Å². The summed E-state index contributed by atoms with van der Waals surface area (Å²) in [5, 5.41) is 5.43. The first-order chi connectivity index (χ1) is 14.8. The first-order valence-corrected chi connectivity index (χ1v) is 11.0. The monoisotopic (exact) mass is 429 g/mol. The summed E-state index contributed by atoms with van der Waals surface area (Å²) in [7, 11) is 0. The van der Waals surface area contributed by atoms with Gasteiger partial charge in [0.25, 0.3) is 11.8 Å². The second kappa shape index (κ2) is 10.4. The molecule has 0 aromatic heterocycles. The van der Waals surface area contributed by atoms with Gasteiger partial charge in [-0.25, -0.2) is 0 Å². The lowest BCUT2D eigenvalue weighted by atomic mass is 9.78. The average molecular weight is 430 g/mol. The zero-order valence-electron chi connectivity index (χ0n) is 18.2. The normalized spacial score (nSPS) is 23.4. The van der Waals surface area contributed by atoms with Crippen LogP contribution in [0, 0.1) is 11.8 Å². The van der Waals surface area contributed by atoms with E-state index in [9.17, 15) is 19.2 Å². The van der Waals surface area contributed by atoms with E-state index in [4.69, 9.17) is 4.74 Å². The van der Waals surface area contributed by atoms with Crippen LogP contribution in [0.5, 0.6) is 0 Å². The van der Waals surface area contributed by atoms with Crippen LogP contribution < -0.4 is 15.5 Å². The second-order valence-electron chi connectivity index (χ2n) is 8.48. The molecule has 2 fully saturated rings. The van der Waals surface area contributed by atoms with Crippen LogP contribution in [0.15, 0.2) is 24.3 Å². The van der Waals surface area contributed by atoms with Crippen LogP contribution in [0.1, 0.15) is 56.3 Å². The Labute approximate surface area is 182 Å². The number of esters is 1. The number of carbonyl (C=O) groups excluding carboxylic acids is 4. The van der Waals surface area contributed by atoms with Crippen molar-refractivity contribution in [2.24, 2.45) is 11.8 Å². The lowest BCUT2D eigenvalue weighted by Crippen LogP contribution is -2.45. The molecule has 1 heterocycles. The molecule has 2 N–H and O–H groups in total. The van der Waals surface area contributed by atoms with Crippen LogP contribution in [0.4, 0.5) is 5.69 Å². The van der Waals surface area contributed by atoms with Gasteiger partial charge in [-0.2, -0.15) is 0 Å². The molecule has 3 atom stereocenters. The average Bonchev–Trinajstić information content (AvgIpc) is 3.19. The molecule has 0 radical (unpaired) electrons. The molecular formula is C23H31N3O5. The molecule has 8 nitrogen and oxygen atoms in total. The van der Waals surface area contributed by atoms with Gasteiger partial charge in [-0.15, -0.1) is 0 Å². The molecule has 3 amide bonds. The molecular weight excluding hydrogens is 398 g/mol. The lowest BCUT2D eigenvalue weighted by Gasteiger charge is -2.34. The predicted octanol–water partition coefficient (Wildman–Crippen LogP) is 2.03. The Morgan fingerprint density at radius 3 is 2.52 bits per heavy atom. The topological polar surface area (TPSA) is 105 Å². The number of amides is 3. The smallest absolute Gasteiger partial charge is 0.325 e. The zero-order chi connectivity index (χ0) is 22.4. The first kappa shape index (κ1) is 22.8. The van der Waals surface area contributed by atoms with Crippen molar-refractivity contribution >= 4 is 29.4 Å². The van der Waals surface area contributed by atoms with Crippen molar-refractivity contribution in [2.75, 3.05) is 24.6 Å². The Morgan fingerprint density at radius 1 is 1.10 bits per heavy atom. The SMILES string of the molecule is C[C@@H]1[C@H](C)CCC[C@H]1NC(=O)COC(=O)CNC(=O)c1ccc(N2CCCC2=O)cc1. The van der Waals surface area contributed by atoms with Crippen molar-refractivity contribution in [1.29, 1.82) is 0 Å². The van der Waals surface area contributed by atoms with E-state index in [2.05, 4.69) is 24.5 Å². The molecule has 31 heavy (non-hydrogen) atoms. The molecule has 1 aliphatic heterocycles. The number of anilines is 1. The fourth-order valence-electron chi connectivity index (χ4n) is 4.20. The molecule has 0 unspecified atom stereocenters. The molecule has 1 saturated heterocycles. The van der Waals surface area contributed by atoms with Crippen LogP contribution >= 0.6 is 0 Å². The summed E-state index contributed by atoms with van der Waals surface area (Å²) >= 11 is 0. The van der Waals surface area contributed by atoms with E-state index in [0.717, 1.165) is 24.9 Å². The van der Waals surface area contributed by atoms with E-state index in [0.29, 0.717) is 30.4 Å². The molecule has 0 spiro atoms. The van der Waals surface area contributed by atoms with E-state index in [1.54, 1.807) is 29.2 Å². The maximum absolute atomic E-state index is 12.2. The number of carbonyl (C=O) groups is 4. The van der Waals surface area contributed by atoms with Gasteiger partial charge in [-0.3, -0.25) is 19.2 Å². The minimum atomic E-state index is -0.673. The predicted molar refractivity (Wildman–Crippen MR) is 115 cm³/mol. The Kier molecular flexibility index (Phi) is 7.65. The number of ether oxygens (including phenoxy) is 1. The third-order valence-corrected chi connectivity index (χ3v) is 6.33. The van der Waals surface area contributed by atoms with Gasteiger partial charge in [0, 0.05) is 30.3 Å². The number of nitrogens with zero attached hydrogens (tertiary/aromatic N) is 1.